The van der Waals surface area contributed by atoms with Crippen molar-refractivity contribution in [2.45, 2.75) is 58.0 Å². The molecule has 4 aliphatic rings. The van der Waals surface area contributed by atoms with Crippen LogP contribution in [0.1, 0.15) is 46.0 Å². The number of aliphatic imine (C=N–C) groups is 1. The van der Waals surface area contributed by atoms with Crippen LogP contribution in [-0.2, 0) is 0 Å². The third-order valence-electron chi connectivity index (χ3n) is 5.96. The summed E-state index contributed by atoms with van der Waals surface area (Å²) in [4.78, 5) is 10.1. The van der Waals surface area contributed by atoms with Crippen LogP contribution in [0.3, 0.4) is 0 Å². The Morgan fingerprint density at radius 1 is 1.04 bits per heavy atom. The zero-order chi connectivity index (χ0) is 16.1. The molecule has 6 heteroatoms. The molecule has 1 unspecified atom stereocenters. The molecular formula is C18H36IN5. The van der Waals surface area contributed by atoms with Crippen molar-refractivity contribution in [3.8, 4) is 0 Å². The van der Waals surface area contributed by atoms with E-state index in [4.69, 9.17) is 4.99 Å². The highest BCUT2D eigenvalue weighted by molar-refractivity contribution is 14.0. The Balaban J connectivity index is 0.00000208. The summed E-state index contributed by atoms with van der Waals surface area (Å²) >= 11 is 0. The SMILES string of the molecule is CCNC(=NCC1CN2CCN1CC2)NC1CCC(CC)CC1.I. The van der Waals surface area contributed by atoms with Gasteiger partial charge >= 0.3 is 0 Å². The van der Waals surface area contributed by atoms with E-state index in [1.54, 1.807) is 0 Å². The van der Waals surface area contributed by atoms with E-state index in [2.05, 4.69) is 34.3 Å². The highest BCUT2D eigenvalue weighted by Crippen LogP contribution is 2.26. The van der Waals surface area contributed by atoms with Gasteiger partial charge in [0.25, 0.3) is 0 Å². The first-order valence-corrected chi connectivity index (χ1v) is 9.79. The fraction of sp³-hybridized carbons (Fsp3) is 0.944. The molecule has 0 aromatic heterocycles. The van der Waals surface area contributed by atoms with E-state index in [9.17, 15) is 0 Å². The standard InChI is InChI=1S/C18H35N5.HI/c1-3-15-5-7-16(8-6-15)21-18(19-4-2)20-13-17-14-22-9-11-23(17)12-10-22;/h15-17H,3-14H2,1-2H3,(H2,19,20,21);1H. The second kappa shape index (κ2) is 10.2. The van der Waals surface area contributed by atoms with Crippen molar-refractivity contribution in [1.82, 2.24) is 20.4 Å². The third-order valence-corrected chi connectivity index (χ3v) is 5.96. The molecule has 0 spiro atoms. The molecule has 140 valence electrons. The molecule has 2 bridgehead atoms. The fourth-order valence-electron chi connectivity index (χ4n) is 4.32. The van der Waals surface area contributed by atoms with Crippen LogP contribution >= 0.6 is 24.0 Å². The van der Waals surface area contributed by atoms with Crippen LogP contribution in [0, 0.1) is 5.92 Å². The lowest BCUT2D eigenvalue weighted by atomic mass is 9.84. The lowest BCUT2D eigenvalue weighted by Gasteiger charge is -2.47. The van der Waals surface area contributed by atoms with Crippen molar-refractivity contribution < 1.29 is 0 Å². The number of nitrogens with zero attached hydrogens (tertiary/aromatic N) is 3. The summed E-state index contributed by atoms with van der Waals surface area (Å²) in [5, 5.41) is 7.14. The first-order chi connectivity index (χ1) is 11.3. The number of guanidine groups is 1. The van der Waals surface area contributed by atoms with Crippen molar-refractivity contribution >= 4 is 29.9 Å². The first kappa shape index (κ1) is 20.2. The van der Waals surface area contributed by atoms with Crippen LogP contribution in [0.25, 0.3) is 0 Å². The van der Waals surface area contributed by atoms with E-state index < -0.39 is 0 Å². The molecule has 24 heavy (non-hydrogen) atoms. The van der Waals surface area contributed by atoms with Crippen molar-refractivity contribution in [3.05, 3.63) is 0 Å². The summed E-state index contributed by atoms with van der Waals surface area (Å²) in [6.45, 7) is 12.5. The lowest BCUT2D eigenvalue weighted by Crippen LogP contribution is -2.62. The van der Waals surface area contributed by atoms with Crippen molar-refractivity contribution in [2.24, 2.45) is 10.9 Å². The summed E-state index contributed by atoms with van der Waals surface area (Å²) in [5.41, 5.74) is 0. The van der Waals surface area contributed by atoms with Crippen LogP contribution in [0.2, 0.25) is 0 Å². The molecule has 2 N–H and O–H groups in total. The van der Waals surface area contributed by atoms with Crippen molar-refractivity contribution in [3.63, 3.8) is 0 Å². The molecule has 0 aromatic rings. The quantitative estimate of drug-likeness (QED) is 0.384. The van der Waals surface area contributed by atoms with Gasteiger partial charge in [0.2, 0.25) is 0 Å². The van der Waals surface area contributed by atoms with Crippen LogP contribution < -0.4 is 10.6 Å². The maximum Gasteiger partial charge on any atom is 0.191 e. The minimum atomic E-state index is 0. The van der Waals surface area contributed by atoms with Gasteiger partial charge in [0, 0.05) is 51.4 Å². The number of rotatable bonds is 5. The maximum atomic E-state index is 4.92. The van der Waals surface area contributed by atoms with Crippen molar-refractivity contribution in [1.29, 1.82) is 0 Å². The predicted octanol–water partition coefficient (Wildman–Crippen LogP) is 2.13. The highest BCUT2D eigenvalue weighted by atomic mass is 127. The van der Waals surface area contributed by atoms with Crippen LogP contribution in [0.5, 0.6) is 0 Å². The van der Waals surface area contributed by atoms with E-state index in [1.165, 1.54) is 64.8 Å². The summed E-state index contributed by atoms with van der Waals surface area (Å²) in [7, 11) is 0. The molecular weight excluding hydrogens is 413 g/mol. The van der Waals surface area contributed by atoms with Gasteiger partial charge in [-0.1, -0.05) is 13.3 Å². The second-order valence-electron chi connectivity index (χ2n) is 7.48. The molecule has 1 aliphatic carbocycles. The predicted molar refractivity (Wildman–Crippen MR) is 112 cm³/mol. The first-order valence-electron chi connectivity index (χ1n) is 9.79. The van der Waals surface area contributed by atoms with E-state index in [1.807, 2.05) is 0 Å². The molecule has 0 radical (unpaired) electrons. The molecule has 4 rings (SSSR count). The van der Waals surface area contributed by atoms with E-state index in [-0.39, 0.29) is 24.0 Å². The minimum absolute atomic E-state index is 0. The largest absolute Gasteiger partial charge is 0.357 e. The van der Waals surface area contributed by atoms with E-state index in [0.29, 0.717) is 12.1 Å². The Labute approximate surface area is 165 Å². The molecule has 3 heterocycles. The van der Waals surface area contributed by atoms with Crippen LogP contribution in [0.4, 0.5) is 0 Å². The molecule has 4 fully saturated rings. The van der Waals surface area contributed by atoms with Gasteiger partial charge in [-0.05, 0) is 38.5 Å². The summed E-state index contributed by atoms with van der Waals surface area (Å²) in [6, 6.07) is 1.23. The number of hydrogen-bond donors (Lipinski definition) is 2. The average molecular weight is 449 g/mol. The molecule has 1 atom stereocenters. The number of fused-ring (bicyclic) bond motifs is 3. The van der Waals surface area contributed by atoms with Gasteiger partial charge in [-0.15, -0.1) is 24.0 Å². The molecule has 0 amide bonds. The normalized spacial score (nSPS) is 36.1. The van der Waals surface area contributed by atoms with Gasteiger partial charge in [-0.25, -0.2) is 0 Å². The Kier molecular flexibility index (Phi) is 8.57. The molecule has 3 aliphatic heterocycles. The smallest absolute Gasteiger partial charge is 0.191 e. The van der Waals surface area contributed by atoms with Gasteiger partial charge in [0.15, 0.2) is 5.96 Å². The molecule has 3 saturated heterocycles. The Bertz CT molecular complexity index is 387. The van der Waals surface area contributed by atoms with Crippen LogP contribution in [-0.4, -0.2) is 73.7 Å². The van der Waals surface area contributed by atoms with Gasteiger partial charge in [-0.3, -0.25) is 14.8 Å². The molecule has 5 nitrogen and oxygen atoms in total. The third kappa shape index (κ3) is 5.46. The molecule has 1 saturated carbocycles. The van der Waals surface area contributed by atoms with Crippen LogP contribution in [0.15, 0.2) is 4.99 Å². The van der Waals surface area contributed by atoms with Gasteiger partial charge in [0.05, 0.1) is 6.54 Å². The summed E-state index contributed by atoms with van der Waals surface area (Å²) in [6.07, 6.45) is 6.69. The average Bonchev–Trinajstić information content (AvgIpc) is 2.61. The van der Waals surface area contributed by atoms with Gasteiger partial charge in [0.1, 0.15) is 0 Å². The number of hydrogen-bond acceptors (Lipinski definition) is 3. The van der Waals surface area contributed by atoms with E-state index in [0.717, 1.165) is 25.0 Å². The number of nitrogens with one attached hydrogen (secondary N) is 2. The zero-order valence-electron chi connectivity index (χ0n) is 15.5. The summed E-state index contributed by atoms with van der Waals surface area (Å²) in [5.74, 6) is 1.98. The Morgan fingerprint density at radius 2 is 1.75 bits per heavy atom. The monoisotopic (exact) mass is 449 g/mol. The maximum absolute atomic E-state index is 4.92. The molecule has 0 aromatic carbocycles. The number of halogens is 1. The second-order valence-corrected chi connectivity index (χ2v) is 7.48. The highest BCUT2D eigenvalue weighted by Gasteiger charge is 2.31. The van der Waals surface area contributed by atoms with Gasteiger partial charge in [-0.2, -0.15) is 0 Å². The zero-order valence-corrected chi connectivity index (χ0v) is 17.8. The number of piperazine rings is 3. The van der Waals surface area contributed by atoms with E-state index >= 15 is 0 Å². The Morgan fingerprint density at radius 3 is 2.29 bits per heavy atom. The fourth-order valence-corrected chi connectivity index (χ4v) is 4.32. The lowest BCUT2D eigenvalue weighted by molar-refractivity contribution is 0.0174. The minimum Gasteiger partial charge on any atom is -0.357 e. The Hall–Kier alpha value is -0.0800. The topological polar surface area (TPSA) is 42.9 Å². The van der Waals surface area contributed by atoms with Gasteiger partial charge < -0.3 is 10.6 Å². The summed E-state index contributed by atoms with van der Waals surface area (Å²) < 4.78 is 0. The van der Waals surface area contributed by atoms with Crippen molar-refractivity contribution in [2.75, 3.05) is 45.8 Å².